The molecule has 4 unspecified atom stereocenters. The van der Waals surface area contributed by atoms with Gasteiger partial charge in [0.2, 0.25) is 11.8 Å². The van der Waals surface area contributed by atoms with Crippen LogP contribution >= 0.6 is 0 Å². The second-order valence-corrected chi connectivity index (χ2v) is 18.1. The van der Waals surface area contributed by atoms with Crippen LogP contribution in [-0.4, -0.2) is 72.8 Å². The number of hydrogen-bond acceptors (Lipinski definition) is 5. The molecular formula is C33H45N3O6Si. The summed E-state index contributed by atoms with van der Waals surface area (Å²) in [6.45, 7) is 10.6. The zero-order chi connectivity index (χ0) is 31.4. The van der Waals surface area contributed by atoms with Crippen molar-refractivity contribution in [3.05, 3.63) is 60.2 Å². The number of hydrogen-bond donors (Lipinski definition) is 3. The van der Waals surface area contributed by atoms with Gasteiger partial charge in [-0.05, 0) is 73.1 Å². The van der Waals surface area contributed by atoms with Gasteiger partial charge < -0.3 is 25.1 Å². The number of carbonyl (C=O) groups excluding carboxylic acids is 3. The van der Waals surface area contributed by atoms with E-state index in [4.69, 9.17) is 4.43 Å². The van der Waals surface area contributed by atoms with Crippen LogP contribution in [0.4, 0.5) is 0 Å². The molecule has 0 radical (unpaired) electrons. The maximum absolute atomic E-state index is 14.0. The number of nitrogens with one attached hydrogen (secondary N) is 2. The minimum atomic E-state index is -2.19. The zero-order valence-corrected chi connectivity index (χ0v) is 26.9. The molecule has 4 rings (SSSR count). The third-order valence-corrected chi connectivity index (χ3v) is 13.6. The van der Waals surface area contributed by atoms with Gasteiger partial charge in [0, 0.05) is 11.6 Å². The first-order valence-corrected chi connectivity index (χ1v) is 18.1. The minimum Gasteiger partial charge on any atom is -0.481 e. The lowest BCUT2D eigenvalue weighted by Crippen LogP contribution is -2.62. The summed E-state index contributed by atoms with van der Waals surface area (Å²) >= 11 is 0. The molecule has 2 aromatic carbocycles. The van der Waals surface area contributed by atoms with Crippen molar-refractivity contribution in [2.45, 2.75) is 102 Å². The van der Waals surface area contributed by atoms with Crippen molar-refractivity contribution in [1.82, 2.24) is 15.5 Å². The first-order chi connectivity index (χ1) is 20.3. The van der Waals surface area contributed by atoms with E-state index in [0.29, 0.717) is 24.8 Å². The van der Waals surface area contributed by atoms with Gasteiger partial charge >= 0.3 is 5.97 Å². The summed E-state index contributed by atoms with van der Waals surface area (Å²) in [7, 11) is -2.19. The Labute approximate surface area is 255 Å². The molecule has 43 heavy (non-hydrogen) atoms. The lowest BCUT2D eigenvalue weighted by molar-refractivity contribution is -0.148. The molecule has 1 fully saturated rings. The van der Waals surface area contributed by atoms with Gasteiger partial charge in [-0.15, -0.1) is 0 Å². The van der Waals surface area contributed by atoms with Crippen LogP contribution in [0.3, 0.4) is 0 Å². The highest BCUT2D eigenvalue weighted by Crippen LogP contribution is 2.36. The van der Waals surface area contributed by atoms with E-state index < -0.39 is 32.4 Å². The number of fused-ring (bicyclic) bond motifs is 2. The number of aliphatic carboxylic acids is 1. The SMILES string of the molecule is CC(C)(C)[Si](C)(C)OCC(CC(=O)O)NC(=O)C1CCCC2C/C=C\CC(NC(=O)c3ccc4ccccc4c3)C(=O)N21. The highest BCUT2D eigenvalue weighted by atomic mass is 28.4. The first kappa shape index (κ1) is 32.4. The molecule has 3 amide bonds. The topological polar surface area (TPSA) is 125 Å². The van der Waals surface area contributed by atoms with E-state index in [9.17, 15) is 24.3 Å². The standard InChI is InChI=1S/C33H45N3O6Si/c1-33(2,3)43(4,5)42-21-25(20-29(37)38)34-31(40)28-16-10-14-26-13-8-9-15-27(32(41)36(26)28)35-30(39)24-18-17-22-11-6-7-12-23(22)19-24/h6-9,11-12,17-19,25-28H,10,13-16,20-21H2,1-5H3,(H,34,40)(H,35,39)(H,37,38)/b9-8-. The quantitative estimate of drug-likeness (QED) is 0.272. The fraction of sp³-hybridized carbons (Fsp3) is 0.515. The maximum atomic E-state index is 14.0. The molecule has 2 aromatic rings. The van der Waals surface area contributed by atoms with Crippen LogP contribution in [0.25, 0.3) is 10.8 Å². The van der Waals surface area contributed by atoms with Crippen molar-refractivity contribution in [2.75, 3.05) is 6.61 Å². The Balaban J connectivity index is 1.51. The van der Waals surface area contributed by atoms with Gasteiger partial charge in [-0.2, -0.15) is 0 Å². The molecule has 0 aliphatic carbocycles. The van der Waals surface area contributed by atoms with Crippen LogP contribution in [0.2, 0.25) is 18.1 Å². The molecule has 2 aliphatic heterocycles. The number of nitrogens with zero attached hydrogens (tertiary/aromatic N) is 1. The van der Waals surface area contributed by atoms with Crippen molar-refractivity contribution in [3.63, 3.8) is 0 Å². The molecule has 0 spiro atoms. The molecule has 9 nitrogen and oxygen atoms in total. The Hall–Kier alpha value is -3.50. The normalized spacial score (nSPS) is 22.6. The molecule has 2 aliphatic rings. The Bertz CT molecular complexity index is 1380. The number of carboxylic acids is 1. The second kappa shape index (κ2) is 13.4. The van der Waals surface area contributed by atoms with Crippen LogP contribution < -0.4 is 10.6 Å². The number of piperidine rings is 1. The largest absolute Gasteiger partial charge is 0.481 e. The lowest BCUT2D eigenvalue weighted by Gasteiger charge is -2.44. The van der Waals surface area contributed by atoms with Crippen molar-refractivity contribution < 1.29 is 28.7 Å². The number of benzene rings is 2. The van der Waals surface area contributed by atoms with Crippen LogP contribution in [0, 0.1) is 0 Å². The summed E-state index contributed by atoms with van der Waals surface area (Å²) in [5, 5.41) is 17.3. The monoisotopic (exact) mass is 607 g/mol. The first-order valence-electron chi connectivity index (χ1n) is 15.2. The van der Waals surface area contributed by atoms with Crippen molar-refractivity contribution in [3.8, 4) is 0 Å². The fourth-order valence-electron chi connectivity index (χ4n) is 5.55. The average molecular weight is 608 g/mol. The molecule has 0 aromatic heterocycles. The van der Waals surface area contributed by atoms with Crippen molar-refractivity contribution in [2.24, 2.45) is 0 Å². The van der Waals surface area contributed by atoms with Gasteiger partial charge in [-0.25, -0.2) is 0 Å². The van der Waals surface area contributed by atoms with Crippen LogP contribution in [0.5, 0.6) is 0 Å². The van der Waals surface area contributed by atoms with E-state index in [-0.39, 0.29) is 41.8 Å². The summed E-state index contributed by atoms with van der Waals surface area (Å²) in [5.74, 6) is -2.06. The molecule has 0 saturated carbocycles. The summed E-state index contributed by atoms with van der Waals surface area (Å²) in [6, 6.07) is 10.7. The highest BCUT2D eigenvalue weighted by Gasteiger charge is 2.42. The number of carbonyl (C=O) groups is 4. The van der Waals surface area contributed by atoms with Gasteiger partial charge in [-0.1, -0.05) is 63.3 Å². The number of carboxylic acid groups (broad SMARTS) is 1. The predicted molar refractivity (Wildman–Crippen MR) is 169 cm³/mol. The van der Waals surface area contributed by atoms with Gasteiger partial charge in [0.25, 0.3) is 5.91 Å². The number of rotatable bonds is 9. The molecule has 232 valence electrons. The summed E-state index contributed by atoms with van der Waals surface area (Å²) < 4.78 is 6.26. The minimum absolute atomic E-state index is 0.0713. The predicted octanol–water partition coefficient (Wildman–Crippen LogP) is 5.02. The van der Waals surface area contributed by atoms with Crippen LogP contribution in [-0.2, 0) is 18.8 Å². The van der Waals surface area contributed by atoms with Gasteiger partial charge in [0.05, 0.1) is 19.1 Å². The second-order valence-electron chi connectivity index (χ2n) is 13.3. The molecule has 2 heterocycles. The average Bonchev–Trinajstić information content (AvgIpc) is 2.94. The molecule has 4 atom stereocenters. The third kappa shape index (κ3) is 7.91. The zero-order valence-electron chi connectivity index (χ0n) is 25.9. The van der Waals surface area contributed by atoms with Crippen molar-refractivity contribution >= 4 is 42.8 Å². The van der Waals surface area contributed by atoms with Crippen molar-refractivity contribution in [1.29, 1.82) is 0 Å². The van der Waals surface area contributed by atoms with Gasteiger partial charge in [0.1, 0.15) is 12.1 Å². The summed E-state index contributed by atoms with van der Waals surface area (Å²) in [5.41, 5.74) is 0.459. The van der Waals surface area contributed by atoms with E-state index >= 15 is 0 Å². The maximum Gasteiger partial charge on any atom is 0.305 e. The van der Waals surface area contributed by atoms with Gasteiger partial charge in [0.15, 0.2) is 8.32 Å². The Kier molecular flexibility index (Phi) is 10.1. The van der Waals surface area contributed by atoms with Crippen LogP contribution in [0.1, 0.15) is 69.7 Å². The van der Waals surface area contributed by atoms with Crippen LogP contribution in [0.15, 0.2) is 54.6 Å². The molecule has 10 heteroatoms. The highest BCUT2D eigenvalue weighted by molar-refractivity contribution is 6.74. The lowest BCUT2D eigenvalue weighted by atomic mass is 9.90. The van der Waals surface area contributed by atoms with E-state index in [1.54, 1.807) is 11.0 Å². The summed E-state index contributed by atoms with van der Waals surface area (Å²) in [4.78, 5) is 54.4. The van der Waals surface area contributed by atoms with E-state index in [2.05, 4.69) is 44.5 Å². The molecule has 1 saturated heterocycles. The van der Waals surface area contributed by atoms with Gasteiger partial charge in [-0.3, -0.25) is 19.2 Å². The smallest absolute Gasteiger partial charge is 0.305 e. The third-order valence-electron chi connectivity index (χ3n) is 9.08. The van der Waals surface area contributed by atoms with E-state index in [0.717, 1.165) is 23.6 Å². The number of amides is 3. The Morgan fingerprint density at radius 3 is 2.44 bits per heavy atom. The molecule has 0 bridgehead atoms. The molecular weight excluding hydrogens is 562 g/mol. The van der Waals surface area contributed by atoms with E-state index in [1.165, 1.54) is 0 Å². The fourth-order valence-corrected chi connectivity index (χ4v) is 6.60. The Morgan fingerprint density at radius 1 is 1.05 bits per heavy atom. The molecule has 3 N–H and O–H groups in total. The Morgan fingerprint density at radius 2 is 1.74 bits per heavy atom. The van der Waals surface area contributed by atoms with E-state index in [1.807, 2.05) is 48.6 Å². The summed E-state index contributed by atoms with van der Waals surface area (Å²) in [6.07, 6.45) is 6.57.